The second-order valence-electron chi connectivity index (χ2n) is 10.8. The van der Waals surface area contributed by atoms with Crippen molar-refractivity contribution in [2.75, 3.05) is 13.2 Å². The highest BCUT2D eigenvalue weighted by Gasteiger charge is 2.27. The summed E-state index contributed by atoms with van der Waals surface area (Å²) in [6, 6.07) is 12.4. The Kier molecular flexibility index (Phi) is 11.0. The lowest BCUT2D eigenvalue weighted by molar-refractivity contribution is -0.00283. The summed E-state index contributed by atoms with van der Waals surface area (Å²) in [4.78, 5) is 0. The third kappa shape index (κ3) is 7.25. The molecule has 0 amide bonds. The average molecular weight is 557 g/mol. The molecule has 0 aromatic heterocycles. The van der Waals surface area contributed by atoms with E-state index in [0.717, 1.165) is 38.5 Å². The van der Waals surface area contributed by atoms with E-state index in [4.69, 9.17) is 9.47 Å². The van der Waals surface area contributed by atoms with E-state index in [-0.39, 0.29) is 28.9 Å². The van der Waals surface area contributed by atoms with Crippen LogP contribution in [0.4, 0.5) is 17.6 Å². The zero-order valence-electron chi connectivity index (χ0n) is 23.6. The fraction of sp³-hybridized carbons (Fsp3) is 0.471. The molecule has 0 spiro atoms. The van der Waals surface area contributed by atoms with Gasteiger partial charge in [0.2, 0.25) is 5.82 Å². The number of hydrogen-bond donors (Lipinski definition) is 0. The molecule has 1 saturated heterocycles. The first-order chi connectivity index (χ1) is 19.4. The number of unbranched alkanes of at least 4 members (excludes halogenated alkanes) is 5. The van der Waals surface area contributed by atoms with Crippen LogP contribution in [0.2, 0.25) is 0 Å². The second-order valence-corrected chi connectivity index (χ2v) is 10.8. The Morgan fingerprint density at radius 3 is 1.93 bits per heavy atom. The number of halogens is 4. The van der Waals surface area contributed by atoms with Gasteiger partial charge in [-0.05, 0) is 54.5 Å². The molecular formula is C34H40F4O2. The molecule has 6 heteroatoms. The fourth-order valence-electron chi connectivity index (χ4n) is 5.38. The minimum absolute atomic E-state index is 0.0745. The van der Waals surface area contributed by atoms with Gasteiger partial charge in [-0.3, -0.25) is 0 Å². The third-order valence-electron chi connectivity index (χ3n) is 7.86. The molecule has 2 unspecified atom stereocenters. The van der Waals surface area contributed by atoms with Gasteiger partial charge in [0, 0.05) is 17.0 Å². The summed E-state index contributed by atoms with van der Waals surface area (Å²) in [5.41, 5.74) is 1.43. The average Bonchev–Trinajstić information content (AvgIpc) is 2.97. The maximum Gasteiger partial charge on any atom is 0.201 e. The summed E-state index contributed by atoms with van der Waals surface area (Å²) in [7, 11) is 0. The van der Waals surface area contributed by atoms with Gasteiger partial charge in [-0.15, -0.1) is 0 Å². The zero-order valence-corrected chi connectivity index (χ0v) is 23.6. The number of benzene rings is 3. The van der Waals surface area contributed by atoms with E-state index in [1.807, 2.05) is 6.92 Å². The molecule has 4 rings (SSSR count). The first kappa shape index (κ1) is 30.1. The Balaban J connectivity index is 1.41. The normalized spacial score (nSPS) is 17.2. The van der Waals surface area contributed by atoms with Crippen LogP contribution in [0.3, 0.4) is 0 Å². The molecule has 0 bridgehead atoms. The Bertz CT molecular complexity index is 1230. The SMILES string of the molecule is CCCCCCCC1CCC(c2ccc(-c3ccc(-c4ccc(OCCCC)c(F)c4F)cc3)c(F)c2F)CO1. The van der Waals surface area contributed by atoms with Crippen LogP contribution in [0.5, 0.6) is 5.75 Å². The smallest absolute Gasteiger partial charge is 0.201 e. The summed E-state index contributed by atoms with van der Waals surface area (Å²) >= 11 is 0. The molecule has 40 heavy (non-hydrogen) atoms. The van der Waals surface area contributed by atoms with Gasteiger partial charge < -0.3 is 9.47 Å². The Labute approximate surface area is 235 Å². The number of ether oxygens (including phenoxy) is 2. The second kappa shape index (κ2) is 14.7. The van der Waals surface area contributed by atoms with Crippen molar-refractivity contribution in [2.24, 2.45) is 0 Å². The minimum atomic E-state index is -1.04. The lowest BCUT2D eigenvalue weighted by Crippen LogP contribution is -2.25. The van der Waals surface area contributed by atoms with E-state index >= 15 is 8.78 Å². The Hall–Kier alpha value is -2.86. The predicted octanol–water partition coefficient (Wildman–Crippen LogP) is 10.4. The standard InChI is InChI=1S/C34H40F4O2/c1-3-5-7-8-9-10-26-16-15-25(22-40-26)29-18-17-27(31(35)32(29)36)23-11-13-24(14-12-23)28-19-20-30(34(38)33(28)37)39-21-6-4-2/h11-14,17-20,25-26H,3-10,15-16,21-22H2,1-2H3. The zero-order chi connectivity index (χ0) is 28.5. The Morgan fingerprint density at radius 1 is 0.675 bits per heavy atom. The molecule has 3 aromatic carbocycles. The van der Waals surface area contributed by atoms with Crippen LogP contribution in [0.25, 0.3) is 22.3 Å². The molecule has 1 heterocycles. The van der Waals surface area contributed by atoms with Crippen molar-refractivity contribution in [3.63, 3.8) is 0 Å². The predicted molar refractivity (Wildman–Crippen MR) is 153 cm³/mol. The molecule has 0 radical (unpaired) electrons. The van der Waals surface area contributed by atoms with Gasteiger partial charge in [0.1, 0.15) is 0 Å². The summed E-state index contributed by atoms with van der Waals surface area (Å²) in [5.74, 6) is -4.09. The van der Waals surface area contributed by atoms with Crippen molar-refractivity contribution in [2.45, 2.75) is 90.1 Å². The van der Waals surface area contributed by atoms with Crippen LogP contribution >= 0.6 is 0 Å². The van der Waals surface area contributed by atoms with Gasteiger partial charge in [-0.2, -0.15) is 4.39 Å². The molecule has 1 aliphatic heterocycles. The van der Waals surface area contributed by atoms with E-state index in [9.17, 15) is 8.78 Å². The lowest BCUT2D eigenvalue weighted by atomic mass is 9.88. The van der Waals surface area contributed by atoms with Crippen molar-refractivity contribution < 1.29 is 27.0 Å². The fourth-order valence-corrected chi connectivity index (χ4v) is 5.38. The van der Waals surface area contributed by atoms with Crippen molar-refractivity contribution in [1.82, 2.24) is 0 Å². The van der Waals surface area contributed by atoms with Crippen molar-refractivity contribution in [3.05, 3.63) is 77.4 Å². The van der Waals surface area contributed by atoms with Crippen LogP contribution < -0.4 is 4.74 Å². The third-order valence-corrected chi connectivity index (χ3v) is 7.86. The van der Waals surface area contributed by atoms with E-state index in [0.29, 0.717) is 29.9 Å². The lowest BCUT2D eigenvalue weighted by Gasteiger charge is -2.30. The molecule has 1 fully saturated rings. The quantitative estimate of drug-likeness (QED) is 0.154. The highest BCUT2D eigenvalue weighted by atomic mass is 19.2. The van der Waals surface area contributed by atoms with Crippen molar-refractivity contribution in [3.8, 4) is 28.0 Å². The van der Waals surface area contributed by atoms with Crippen molar-refractivity contribution in [1.29, 1.82) is 0 Å². The molecule has 2 atom stereocenters. The molecule has 0 saturated carbocycles. The van der Waals surface area contributed by atoms with E-state index < -0.39 is 23.3 Å². The van der Waals surface area contributed by atoms with Gasteiger partial charge in [-0.1, -0.05) is 88.8 Å². The molecule has 1 aliphatic rings. The van der Waals surface area contributed by atoms with Crippen LogP contribution in [0, 0.1) is 23.3 Å². The van der Waals surface area contributed by atoms with Crippen LogP contribution in [-0.4, -0.2) is 19.3 Å². The molecule has 0 aliphatic carbocycles. The monoisotopic (exact) mass is 556 g/mol. The summed E-state index contributed by atoms with van der Waals surface area (Å²) in [5, 5.41) is 0. The van der Waals surface area contributed by atoms with Gasteiger partial charge >= 0.3 is 0 Å². The van der Waals surface area contributed by atoms with Crippen molar-refractivity contribution >= 4 is 0 Å². The highest BCUT2D eigenvalue weighted by molar-refractivity contribution is 5.72. The highest BCUT2D eigenvalue weighted by Crippen LogP contribution is 2.36. The summed E-state index contributed by atoms with van der Waals surface area (Å²) in [6.07, 6.45) is 10.6. The van der Waals surface area contributed by atoms with Gasteiger partial charge in [-0.25, -0.2) is 13.2 Å². The van der Waals surface area contributed by atoms with E-state index in [1.54, 1.807) is 36.4 Å². The first-order valence-corrected chi connectivity index (χ1v) is 14.8. The van der Waals surface area contributed by atoms with Gasteiger partial charge in [0.25, 0.3) is 0 Å². The largest absolute Gasteiger partial charge is 0.490 e. The molecule has 0 N–H and O–H groups in total. The molecule has 3 aromatic rings. The number of hydrogen-bond acceptors (Lipinski definition) is 2. The molecular weight excluding hydrogens is 516 g/mol. The summed E-state index contributed by atoms with van der Waals surface area (Å²) in [6.45, 7) is 4.90. The van der Waals surface area contributed by atoms with Gasteiger partial charge in [0.15, 0.2) is 23.2 Å². The van der Waals surface area contributed by atoms with Crippen LogP contribution in [-0.2, 0) is 4.74 Å². The minimum Gasteiger partial charge on any atom is -0.490 e. The van der Waals surface area contributed by atoms with Crippen LogP contribution in [0.1, 0.15) is 89.5 Å². The van der Waals surface area contributed by atoms with Gasteiger partial charge in [0.05, 0.1) is 19.3 Å². The van der Waals surface area contributed by atoms with E-state index in [2.05, 4.69) is 6.92 Å². The first-order valence-electron chi connectivity index (χ1n) is 14.8. The molecule has 2 nitrogen and oxygen atoms in total. The summed E-state index contributed by atoms with van der Waals surface area (Å²) < 4.78 is 71.1. The molecule has 216 valence electrons. The van der Waals surface area contributed by atoms with Crippen LogP contribution in [0.15, 0.2) is 48.5 Å². The van der Waals surface area contributed by atoms with E-state index in [1.165, 1.54) is 37.8 Å². The maximum atomic E-state index is 15.2. The number of rotatable bonds is 13. The topological polar surface area (TPSA) is 18.5 Å². The Morgan fingerprint density at radius 2 is 1.30 bits per heavy atom. The maximum absolute atomic E-state index is 15.2.